The molecule has 9 heteroatoms. The first-order valence-corrected chi connectivity index (χ1v) is 10.7. The van der Waals surface area contributed by atoms with Crippen LogP contribution in [0.4, 0.5) is 4.39 Å². The van der Waals surface area contributed by atoms with Gasteiger partial charge in [-0.3, -0.25) is 4.90 Å². The molecule has 4 rings (SSSR count). The molecule has 0 spiro atoms. The van der Waals surface area contributed by atoms with E-state index >= 15 is 0 Å². The third-order valence-corrected chi connectivity index (χ3v) is 6.50. The van der Waals surface area contributed by atoms with E-state index in [-0.39, 0.29) is 17.0 Å². The molecule has 1 aliphatic heterocycles. The summed E-state index contributed by atoms with van der Waals surface area (Å²) in [7, 11) is -1.85. The van der Waals surface area contributed by atoms with Crippen LogP contribution >= 0.6 is 0 Å². The van der Waals surface area contributed by atoms with Crippen molar-refractivity contribution in [2.45, 2.75) is 29.8 Å². The Labute approximate surface area is 168 Å². The van der Waals surface area contributed by atoms with Crippen LogP contribution in [0, 0.1) is 5.82 Å². The summed E-state index contributed by atoms with van der Waals surface area (Å²) in [4.78, 5) is 6.52. The minimum Gasteiger partial charge on any atom is -0.338 e. The Morgan fingerprint density at radius 2 is 1.90 bits per heavy atom. The maximum absolute atomic E-state index is 13.1. The first-order valence-electron chi connectivity index (χ1n) is 9.25. The second-order valence-electron chi connectivity index (χ2n) is 7.17. The Bertz CT molecular complexity index is 1070. The van der Waals surface area contributed by atoms with Crippen LogP contribution < -0.4 is 4.72 Å². The third-order valence-electron chi connectivity index (χ3n) is 4.97. The fraction of sp³-hybridized carbons (Fsp3) is 0.300. The Hall–Kier alpha value is -2.62. The summed E-state index contributed by atoms with van der Waals surface area (Å²) >= 11 is 0. The largest absolute Gasteiger partial charge is 0.338 e. The van der Waals surface area contributed by atoms with Crippen LogP contribution in [0.1, 0.15) is 29.7 Å². The Morgan fingerprint density at radius 1 is 1.17 bits per heavy atom. The van der Waals surface area contributed by atoms with Crippen LogP contribution in [0.2, 0.25) is 0 Å². The fourth-order valence-corrected chi connectivity index (χ4v) is 4.77. The zero-order valence-electron chi connectivity index (χ0n) is 15.8. The van der Waals surface area contributed by atoms with E-state index < -0.39 is 15.8 Å². The molecule has 1 aliphatic rings. The van der Waals surface area contributed by atoms with Crippen LogP contribution in [0.3, 0.4) is 0 Å². The van der Waals surface area contributed by atoms with Crippen LogP contribution in [0.25, 0.3) is 0 Å². The third kappa shape index (κ3) is 4.52. The van der Waals surface area contributed by atoms with Crippen molar-refractivity contribution in [2.75, 3.05) is 13.6 Å². The average Bonchev–Trinajstić information content (AvgIpc) is 3.28. The maximum atomic E-state index is 13.1. The van der Waals surface area contributed by atoms with Crippen LogP contribution in [-0.2, 0) is 16.4 Å². The second kappa shape index (κ2) is 8.02. The molecular weight excluding hydrogens is 395 g/mol. The number of rotatable bonds is 6. The summed E-state index contributed by atoms with van der Waals surface area (Å²) in [6.45, 7) is 0.501. The molecule has 1 saturated heterocycles. The number of likely N-dealkylation sites (N-methyl/N-ethyl adjacent to an activating group) is 1. The zero-order chi connectivity index (χ0) is 20.4. The summed E-state index contributed by atoms with van der Waals surface area (Å²) in [6, 6.07) is 14.1. The number of hydrogen-bond donors (Lipinski definition) is 1. The van der Waals surface area contributed by atoms with Crippen molar-refractivity contribution in [1.29, 1.82) is 0 Å². The van der Waals surface area contributed by atoms with Gasteiger partial charge in [0.2, 0.25) is 15.9 Å². The molecule has 0 bridgehead atoms. The van der Waals surface area contributed by atoms with Gasteiger partial charge in [-0.2, -0.15) is 4.98 Å². The predicted octanol–water partition coefficient (Wildman–Crippen LogP) is 2.52. The van der Waals surface area contributed by atoms with Crippen molar-refractivity contribution >= 4 is 10.0 Å². The maximum Gasteiger partial charge on any atom is 0.244 e. The van der Waals surface area contributed by atoms with Gasteiger partial charge in [-0.1, -0.05) is 35.5 Å². The molecule has 3 aromatic rings. The number of halogens is 1. The van der Waals surface area contributed by atoms with Gasteiger partial charge in [-0.05, 0) is 43.3 Å². The van der Waals surface area contributed by atoms with Gasteiger partial charge >= 0.3 is 0 Å². The molecule has 2 aromatic carbocycles. The molecule has 1 fully saturated rings. The standard InChI is InChI=1S/C20H21FN4O3S/c1-25-13-16(24-29(26,27)17-9-7-15(21)8-10-17)12-18(25)20-22-19(23-28-20)11-14-5-3-2-4-6-14/h2-10,16,18,24H,11-13H2,1H3. The molecule has 0 saturated carbocycles. The monoisotopic (exact) mass is 416 g/mol. The van der Waals surface area contributed by atoms with Gasteiger partial charge in [0.1, 0.15) is 5.82 Å². The van der Waals surface area contributed by atoms with Crippen LogP contribution in [-0.4, -0.2) is 43.1 Å². The Kier molecular flexibility index (Phi) is 5.44. The lowest BCUT2D eigenvalue weighted by molar-refractivity contribution is 0.244. The minimum atomic E-state index is -3.73. The lowest BCUT2D eigenvalue weighted by Crippen LogP contribution is -2.36. The molecular formula is C20H21FN4O3S. The Morgan fingerprint density at radius 3 is 2.62 bits per heavy atom. The Balaban J connectivity index is 1.43. The predicted molar refractivity (Wildman–Crippen MR) is 104 cm³/mol. The number of sulfonamides is 1. The lowest BCUT2D eigenvalue weighted by atomic mass is 10.1. The SMILES string of the molecule is CN1CC(NS(=O)(=O)c2ccc(F)cc2)CC1c1nc(Cc2ccccc2)no1. The minimum absolute atomic E-state index is 0.0351. The number of hydrogen-bond acceptors (Lipinski definition) is 6. The molecule has 152 valence electrons. The number of likely N-dealkylation sites (tertiary alicyclic amines) is 1. The van der Waals surface area contributed by atoms with E-state index in [2.05, 4.69) is 14.9 Å². The summed E-state index contributed by atoms with van der Waals surface area (Å²) in [6.07, 6.45) is 1.07. The lowest BCUT2D eigenvalue weighted by Gasteiger charge is -2.14. The van der Waals surface area contributed by atoms with E-state index in [0.717, 1.165) is 17.7 Å². The highest BCUT2D eigenvalue weighted by molar-refractivity contribution is 7.89. The highest BCUT2D eigenvalue weighted by Gasteiger charge is 2.36. The van der Waals surface area contributed by atoms with E-state index in [1.807, 2.05) is 42.3 Å². The van der Waals surface area contributed by atoms with E-state index in [0.29, 0.717) is 31.1 Å². The molecule has 2 unspecified atom stereocenters. The van der Waals surface area contributed by atoms with E-state index in [1.54, 1.807) is 0 Å². The summed E-state index contributed by atoms with van der Waals surface area (Å²) in [5.74, 6) is 0.587. The van der Waals surface area contributed by atoms with E-state index in [9.17, 15) is 12.8 Å². The van der Waals surface area contributed by atoms with Gasteiger partial charge in [-0.25, -0.2) is 17.5 Å². The van der Waals surface area contributed by atoms with E-state index in [4.69, 9.17) is 4.52 Å². The molecule has 7 nitrogen and oxygen atoms in total. The number of aromatic nitrogens is 2. The highest BCUT2D eigenvalue weighted by atomic mass is 32.2. The van der Waals surface area contributed by atoms with Gasteiger partial charge in [0, 0.05) is 19.0 Å². The summed E-state index contributed by atoms with van der Waals surface area (Å²) in [5, 5.41) is 4.06. The van der Waals surface area contributed by atoms with Crippen molar-refractivity contribution in [1.82, 2.24) is 19.8 Å². The number of nitrogens with zero attached hydrogens (tertiary/aromatic N) is 3. The topological polar surface area (TPSA) is 88.3 Å². The van der Waals surface area contributed by atoms with Crippen molar-refractivity contribution < 1.29 is 17.3 Å². The summed E-state index contributed by atoms with van der Waals surface area (Å²) < 4.78 is 46.3. The van der Waals surface area contributed by atoms with Crippen molar-refractivity contribution in [2.24, 2.45) is 0 Å². The molecule has 0 radical (unpaired) electrons. The van der Waals surface area contributed by atoms with Crippen LogP contribution in [0.15, 0.2) is 64.0 Å². The van der Waals surface area contributed by atoms with Gasteiger partial charge < -0.3 is 4.52 Å². The van der Waals surface area contributed by atoms with Crippen molar-refractivity contribution in [3.63, 3.8) is 0 Å². The quantitative estimate of drug-likeness (QED) is 0.664. The number of benzene rings is 2. The average molecular weight is 416 g/mol. The molecule has 29 heavy (non-hydrogen) atoms. The highest BCUT2D eigenvalue weighted by Crippen LogP contribution is 2.30. The fourth-order valence-electron chi connectivity index (χ4n) is 3.53. The normalized spacial score (nSPS) is 20.2. The summed E-state index contributed by atoms with van der Waals surface area (Å²) in [5.41, 5.74) is 1.09. The van der Waals surface area contributed by atoms with Crippen molar-refractivity contribution in [3.05, 3.63) is 77.7 Å². The number of nitrogens with one attached hydrogen (secondary N) is 1. The molecule has 1 N–H and O–H groups in total. The second-order valence-corrected chi connectivity index (χ2v) is 8.89. The molecule has 0 amide bonds. The van der Waals surface area contributed by atoms with Gasteiger partial charge in [0.05, 0.1) is 10.9 Å². The molecule has 1 aromatic heterocycles. The van der Waals surface area contributed by atoms with Gasteiger partial charge in [-0.15, -0.1) is 0 Å². The van der Waals surface area contributed by atoms with E-state index in [1.165, 1.54) is 12.1 Å². The first-order chi connectivity index (χ1) is 13.9. The van der Waals surface area contributed by atoms with Gasteiger partial charge in [0.15, 0.2) is 5.82 Å². The van der Waals surface area contributed by atoms with Crippen molar-refractivity contribution in [3.8, 4) is 0 Å². The zero-order valence-corrected chi connectivity index (χ0v) is 16.6. The molecule has 0 aliphatic carbocycles. The van der Waals surface area contributed by atoms with Gasteiger partial charge in [0.25, 0.3) is 0 Å². The van der Waals surface area contributed by atoms with Crippen LogP contribution in [0.5, 0.6) is 0 Å². The first kappa shape index (κ1) is 19.7. The smallest absolute Gasteiger partial charge is 0.244 e. The molecule has 2 heterocycles. The molecule has 2 atom stereocenters.